The number of thioether (sulfide) groups is 1. The van der Waals surface area contributed by atoms with Crippen molar-refractivity contribution in [3.05, 3.63) is 39.7 Å². The van der Waals surface area contributed by atoms with E-state index < -0.39 is 51.2 Å². The van der Waals surface area contributed by atoms with E-state index in [9.17, 15) is 27.7 Å². The van der Waals surface area contributed by atoms with Crippen LogP contribution in [-0.4, -0.2) is 21.9 Å². The van der Waals surface area contributed by atoms with Crippen LogP contribution in [-0.2, 0) is 4.74 Å². The SMILES string of the molecule is NC1=NC(c2cc([N+](=O)[O-])ccc2F)CC(SC(F)(F)F)O1. The molecule has 11 heteroatoms. The molecule has 1 heterocycles. The Hall–Kier alpha value is -2.04. The second kappa shape index (κ2) is 5.99. The van der Waals surface area contributed by atoms with Gasteiger partial charge in [0.05, 0.1) is 11.0 Å². The van der Waals surface area contributed by atoms with E-state index in [2.05, 4.69) is 4.99 Å². The Morgan fingerprint density at radius 1 is 1.45 bits per heavy atom. The zero-order valence-corrected chi connectivity index (χ0v) is 11.5. The number of aliphatic imine (C=N–C) groups is 1. The topological polar surface area (TPSA) is 90.8 Å². The van der Waals surface area contributed by atoms with Crippen LogP contribution < -0.4 is 5.73 Å². The fourth-order valence-electron chi connectivity index (χ4n) is 1.92. The van der Waals surface area contributed by atoms with Gasteiger partial charge in [0, 0.05) is 24.1 Å². The van der Waals surface area contributed by atoms with Gasteiger partial charge in [0.2, 0.25) is 0 Å². The summed E-state index contributed by atoms with van der Waals surface area (Å²) < 4.78 is 55.7. The Labute approximate surface area is 125 Å². The number of nitro benzene ring substituents is 1. The highest BCUT2D eigenvalue weighted by atomic mass is 32.2. The van der Waals surface area contributed by atoms with E-state index in [-0.39, 0.29) is 12.0 Å². The van der Waals surface area contributed by atoms with E-state index in [1.54, 1.807) is 0 Å². The minimum absolute atomic E-state index is 0.201. The van der Waals surface area contributed by atoms with E-state index in [1.807, 2.05) is 0 Å². The molecule has 0 saturated heterocycles. The van der Waals surface area contributed by atoms with E-state index in [1.165, 1.54) is 0 Å². The summed E-state index contributed by atoms with van der Waals surface area (Å²) in [4.78, 5) is 13.7. The van der Waals surface area contributed by atoms with Gasteiger partial charge in [-0.2, -0.15) is 13.2 Å². The maximum atomic E-state index is 13.8. The second-order valence-electron chi connectivity index (χ2n) is 4.29. The molecule has 0 saturated carbocycles. The van der Waals surface area contributed by atoms with Crippen molar-refractivity contribution in [3.8, 4) is 0 Å². The lowest BCUT2D eigenvalue weighted by molar-refractivity contribution is -0.385. The molecule has 2 N–H and O–H groups in total. The number of nitrogens with two attached hydrogens (primary N) is 1. The highest BCUT2D eigenvalue weighted by Gasteiger charge is 2.38. The number of alkyl halides is 3. The van der Waals surface area contributed by atoms with Crippen LogP contribution in [0.4, 0.5) is 23.2 Å². The smallest absolute Gasteiger partial charge is 0.445 e. The predicted octanol–water partition coefficient (Wildman–Crippen LogP) is 3.09. The highest BCUT2D eigenvalue weighted by molar-refractivity contribution is 8.00. The van der Waals surface area contributed by atoms with Crippen LogP contribution in [0, 0.1) is 15.9 Å². The molecule has 0 aromatic heterocycles. The number of ether oxygens (including phenoxy) is 1. The molecule has 0 radical (unpaired) electrons. The average Bonchev–Trinajstić information content (AvgIpc) is 2.35. The third kappa shape index (κ3) is 4.00. The van der Waals surface area contributed by atoms with Crippen molar-refractivity contribution in [1.82, 2.24) is 0 Å². The number of hydrogen-bond donors (Lipinski definition) is 1. The van der Waals surface area contributed by atoms with Crippen LogP contribution in [0.25, 0.3) is 0 Å². The summed E-state index contributed by atoms with van der Waals surface area (Å²) in [5.41, 5.74) is -1.25. The third-order valence-electron chi connectivity index (χ3n) is 2.77. The molecule has 0 spiro atoms. The van der Waals surface area contributed by atoms with Crippen LogP contribution in [0.2, 0.25) is 0 Å². The lowest BCUT2D eigenvalue weighted by atomic mass is 10.0. The molecule has 6 nitrogen and oxygen atoms in total. The number of halogens is 4. The fraction of sp³-hybridized carbons (Fsp3) is 0.364. The zero-order valence-electron chi connectivity index (χ0n) is 10.7. The molecule has 22 heavy (non-hydrogen) atoms. The lowest BCUT2D eigenvalue weighted by Gasteiger charge is -2.27. The Kier molecular flexibility index (Phi) is 4.44. The van der Waals surface area contributed by atoms with Crippen molar-refractivity contribution in [2.24, 2.45) is 10.7 Å². The van der Waals surface area contributed by atoms with Crippen molar-refractivity contribution in [1.29, 1.82) is 0 Å². The van der Waals surface area contributed by atoms with Crippen LogP contribution in [0.1, 0.15) is 18.0 Å². The molecule has 1 aliphatic rings. The largest absolute Gasteiger partial charge is 0.451 e. The molecule has 2 rings (SSSR count). The third-order valence-corrected chi connectivity index (χ3v) is 3.58. The molecular weight excluding hydrogens is 330 g/mol. The van der Waals surface area contributed by atoms with Gasteiger partial charge in [-0.15, -0.1) is 0 Å². The van der Waals surface area contributed by atoms with Gasteiger partial charge in [0.1, 0.15) is 5.82 Å². The van der Waals surface area contributed by atoms with Gasteiger partial charge in [0.15, 0.2) is 5.44 Å². The first-order chi connectivity index (χ1) is 10.2. The molecule has 2 atom stereocenters. The summed E-state index contributed by atoms with van der Waals surface area (Å²) in [6, 6.07) is 1.13. The fourth-order valence-corrected chi connectivity index (χ4v) is 2.64. The summed E-state index contributed by atoms with van der Waals surface area (Å²) >= 11 is -0.443. The zero-order chi connectivity index (χ0) is 16.5. The number of rotatable bonds is 3. The number of hydrogen-bond acceptors (Lipinski definition) is 6. The first-order valence-electron chi connectivity index (χ1n) is 5.84. The maximum absolute atomic E-state index is 13.8. The van der Waals surface area contributed by atoms with Crippen LogP contribution in [0.5, 0.6) is 0 Å². The Morgan fingerprint density at radius 3 is 2.73 bits per heavy atom. The quantitative estimate of drug-likeness (QED) is 0.519. The molecule has 0 amide bonds. The minimum Gasteiger partial charge on any atom is -0.451 e. The molecule has 0 fully saturated rings. The van der Waals surface area contributed by atoms with Crippen molar-refractivity contribution in [3.63, 3.8) is 0 Å². The summed E-state index contributed by atoms with van der Waals surface area (Å²) in [7, 11) is 0. The Morgan fingerprint density at radius 2 is 2.14 bits per heavy atom. The molecule has 1 aliphatic heterocycles. The predicted molar refractivity (Wildman–Crippen MR) is 70.6 cm³/mol. The maximum Gasteiger partial charge on any atom is 0.445 e. The van der Waals surface area contributed by atoms with E-state index in [4.69, 9.17) is 10.5 Å². The van der Waals surface area contributed by atoms with Gasteiger partial charge in [-0.05, 0) is 17.8 Å². The van der Waals surface area contributed by atoms with Crippen molar-refractivity contribution in [2.45, 2.75) is 23.4 Å². The first-order valence-corrected chi connectivity index (χ1v) is 6.72. The van der Waals surface area contributed by atoms with Crippen molar-refractivity contribution < 1.29 is 27.2 Å². The van der Waals surface area contributed by atoms with Crippen molar-refractivity contribution in [2.75, 3.05) is 0 Å². The summed E-state index contributed by atoms with van der Waals surface area (Å²) in [6.45, 7) is 0. The highest BCUT2D eigenvalue weighted by Crippen LogP contribution is 2.41. The Bertz CT molecular complexity index is 623. The molecule has 1 aromatic carbocycles. The van der Waals surface area contributed by atoms with Crippen LogP contribution in [0.15, 0.2) is 23.2 Å². The monoisotopic (exact) mass is 339 g/mol. The number of amidine groups is 1. The van der Waals surface area contributed by atoms with Gasteiger partial charge < -0.3 is 10.5 Å². The minimum atomic E-state index is -4.56. The number of benzene rings is 1. The number of nitro groups is 1. The summed E-state index contributed by atoms with van der Waals surface area (Å²) in [5.74, 6) is -0.815. The second-order valence-corrected chi connectivity index (χ2v) is 5.52. The molecular formula is C11H9F4N3O3S. The van der Waals surface area contributed by atoms with E-state index in [0.717, 1.165) is 18.2 Å². The van der Waals surface area contributed by atoms with Crippen molar-refractivity contribution >= 4 is 23.5 Å². The van der Waals surface area contributed by atoms with E-state index >= 15 is 0 Å². The Balaban J connectivity index is 2.30. The van der Waals surface area contributed by atoms with Gasteiger partial charge in [-0.3, -0.25) is 10.1 Å². The first kappa shape index (κ1) is 16.3. The van der Waals surface area contributed by atoms with E-state index in [0.29, 0.717) is 0 Å². The summed E-state index contributed by atoms with van der Waals surface area (Å²) in [5, 5.41) is 10.7. The normalized spacial score (nSPS) is 21.9. The molecule has 0 bridgehead atoms. The molecule has 120 valence electrons. The van der Waals surface area contributed by atoms with Gasteiger partial charge in [-0.25, -0.2) is 9.38 Å². The summed E-state index contributed by atoms with van der Waals surface area (Å²) in [6.07, 6.45) is -0.317. The number of non-ortho nitro benzene ring substituents is 1. The average molecular weight is 339 g/mol. The van der Waals surface area contributed by atoms with Gasteiger partial charge in [0.25, 0.3) is 11.7 Å². The van der Waals surface area contributed by atoms with Crippen LogP contribution in [0.3, 0.4) is 0 Å². The lowest BCUT2D eigenvalue weighted by Crippen LogP contribution is -2.31. The van der Waals surface area contributed by atoms with Gasteiger partial charge >= 0.3 is 5.51 Å². The van der Waals surface area contributed by atoms with Crippen LogP contribution >= 0.6 is 11.8 Å². The molecule has 1 aromatic rings. The van der Waals surface area contributed by atoms with Gasteiger partial charge in [-0.1, -0.05) is 0 Å². The molecule has 2 unspecified atom stereocenters. The standard InChI is InChI=1S/C11H9F4N3O3S/c12-7-2-1-5(18(19)20)3-6(7)8-4-9(21-10(16)17-8)22-11(13,14)15/h1-3,8-9H,4H2,(H2,16,17). The molecule has 0 aliphatic carbocycles. The number of nitrogens with zero attached hydrogens (tertiary/aromatic N) is 2.